The predicted molar refractivity (Wildman–Crippen MR) is 75.2 cm³/mol. The van der Waals surface area contributed by atoms with E-state index in [1.165, 1.54) is 11.3 Å². The average Bonchev–Trinajstić information content (AvgIpc) is 2.86. The number of amides is 1. The summed E-state index contributed by atoms with van der Waals surface area (Å²) in [6.07, 6.45) is 1.55. The lowest BCUT2D eigenvalue weighted by molar-refractivity contribution is 0.0853. The molecule has 0 aliphatic carbocycles. The van der Waals surface area contributed by atoms with E-state index in [-0.39, 0.29) is 12.5 Å². The van der Waals surface area contributed by atoms with Gasteiger partial charge in [0.2, 0.25) is 0 Å². The van der Waals surface area contributed by atoms with Gasteiger partial charge in [-0.3, -0.25) is 4.79 Å². The first-order valence-corrected chi connectivity index (χ1v) is 6.78. The number of hydrogen-bond donors (Lipinski definition) is 2. The monoisotopic (exact) mass is 276 g/mol. The third-order valence-corrected chi connectivity index (χ3v) is 3.87. The van der Waals surface area contributed by atoms with Crippen molar-refractivity contribution in [1.82, 2.24) is 10.3 Å². The summed E-state index contributed by atoms with van der Waals surface area (Å²) < 4.78 is 0. The molecule has 0 spiro atoms. The average molecular weight is 276 g/mol. The van der Waals surface area contributed by atoms with Gasteiger partial charge in [0.05, 0.1) is 23.4 Å². The highest BCUT2D eigenvalue weighted by atomic mass is 32.1. The summed E-state index contributed by atoms with van der Waals surface area (Å²) in [5, 5.41) is 13.3. The molecule has 1 atom stereocenters. The Hall–Kier alpha value is -1.72. The van der Waals surface area contributed by atoms with Crippen LogP contribution in [-0.2, 0) is 5.54 Å². The number of aliphatic hydroxyl groups is 1. The van der Waals surface area contributed by atoms with E-state index in [1.54, 1.807) is 13.1 Å². The zero-order chi connectivity index (χ0) is 13.9. The Labute approximate surface area is 116 Å². The molecule has 2 N–H and O–H groups in total. The van der Waals surface area contributed by atoms with Crippen LogP contribution < -0.4 is 5.32 Å². The first-order chi connectivity index (χ1) is 9.05. The van der Waals surface area contributed by atoms with Crippen LogP contribution in [0.25, 0.3) is 0 Å². The molecular formula is C14H16N2O2S. The minimum absolute atomic E-state index is 0.166. The fourth-order valence-electron chi connectivity index (χ4n) is 1.79. The van der Waals surface area contributed by atoms with E-state index in [1.807, 2.05) is 37.3 Å². The van der Waals surface area contributed by atoms with Crippen molar-refractivity contribution < 1.29 is 9.90 Å². The molecule has 0 saturated carbocycles. The van der Waals surface area contributed by atoms with Crippen molar-refractivity contribution in [1.29, 1.82) is 0 Å². The maximum Gasteiger partial charge on any atom is 0.263 e. The van der Waals surface area contributed by atoms with Crippen LogP contribution in [0.3, 0.4) is 0 Å². The second-order valence-electron chi connectivity index (χ2n) is 4.55. The Morgan fingerprint density at radius 3 is 2.63 bits per heavy atom. The Kier molecular flexibility index (Phi) is 3.97. The van der Waals surface area contributed by atoms with E-state index in [0.29, 0.717) is 4.88 Å². The van der Waals surface area contributed by atoms with E-state index in [0.717, 1.165) is 10.6 Å². The van der Waals surface area contributed by atoms with Gasteiger partial charge < -0.3 is 10.4 Å². The normalized spacial score (nSPS) is 13.8. The van der Waals surface area contributed by atoms with Crippen LogP contribution in [0.15, 0.2) is 36.5 Å². The van der Waals surface area contributed by atoms with Crippen LogP contribution in [0.2, 0.25) is 0 Å². The van der Waals surface area contributed by atoms with Crippen LogP contribution in [-0.4, -0.2) is 22.6 Å². The fourth-order valence-corrected chi connectivity index (χ4v) is 2.46. The number of rotatable bonds is 4. The molecule has 0 radical (unpaired) electrons. The standard InChI is InChI=1S/C14H16N2O2S/c1-10-15-8-12(19-10)13(18)16-14(2,9-17)11-6-4-3-5-7-11/h3-8,17H,9H2,1-2H3,(H,16,18). The van der Waals surface area contributed by atoms with Gasteiger partial charge in [-0.05, 0) is 19.4 Å². The zero-order valence-corrected chi connectivity index (χ0v) is 11.7. The van der Waals surface area contributed by atoms with E-state index < -0.39 is 5.54 Å². The molecule has 1 aromatic heterocycles. The van der Waals surface area contributed by atoms with Gasteiger partial charge in [0.1, 0.15) is 4.88 Å². The Balaban J connectivity index is 2.22. The minimum atomic E-state index is -0.795. The lowest BCUT2D eigenvalue weighted by Gasteiger charge is -2.29. The Morgan fingerprint density at radius 2 is 2.11 bits per heavy atom. The third kappa shape index (κ3) is 3.00. The predicted octanol–water partition coefficient (Wildman–Crippen LogP) is 2.09. The number of nitrogens with zero attached hydrogens (tertiary/aromatic N) is 1. The van der Waals surface area contributed by atoms with E-state index in [9.17, 15) is 9.90 Å². The second-order valence-corrected chi connectivity index (χ2v) is 5.79. The number of aromatic nitrogens is 1. The molecular weight excluding hydrogens is 260 g/mol. The topological polar surface area (TPSA) is 62.2 Å². The van der Waals surface area contributed by atoms with Crippen molar-refractivity contribution in [2.24, 2.45) is 0 Å². The molecule has 0 aliphatic heterocycles. The fraction of sp³-hybridized carbons (Fsp3) is 0.286. The summed E-state index contributed by atoms with van der Waals surface area (Å²) in [5.74, 6) is -0.217. The van der Waals surface area contributed by atoms with Gasteiger partial charge in [-0.1, -0.05) is 30.3 Å². The summed E-state index contributed by atoms with van der Waals surface area (Å²) in [4.78, 5) is 16.8. The van der Waals surface area contributed by atoms with Gasteiger partial charge in [-0.2, -0.15) is 0 Å². The molecule has 100 valence electrons. The highest BCUT2D eigenvalue weighted by Crippen LogP contribution is 2.21. The molecule has 0 aliphatic rings. The Morgan fingerprint density at radius 1 is 1.42 bits per heavy atom. The first-order valence-electron chi connectivity index (χ1n) is 5.96. The number of aliphatic hydroxyl groups excluding tert-OH is 1. The van der Waals surface area contributed by atoms with Crippen molar-refractivity contribution >= 4 is 17.2 Å². The summed E-state index contributed by atoms with van der Waals surface area (Å²) in [6, 6.07) is 9.43. The quantitative estimate of drug-likeness (QED) is 0.899. The summed E-state index contributed by atoms with van der Waals surface area (Å²) in [7, 11) is 0. The number of hydrogen-bond acceptors (Lipinski definition) is 4. The highest BCUT2D eigenvalue weighted by Gasteiger charge is 2.28. The van der Waals surface area contributed by atoms with Crippen molar-refractivity contribution in [2.75, 3.05) is 6.61 Å². The van der Waals surface area contributed by atoms with Gasteiger partial charge in [-0.15, -0.1) is 11.3 Å². The minimum Gasteiger partial charge on any atom is -0.394 e. The molecule has 0 saturated heterocycles. The number of aryl methyl sites for hydroxylation is 1. The third-order valence-electron chi connectivity index (χ3n) is 2.96. The molecule has 19 heavy (non-hydrogen) atoms. The van der Waals surface area contributed by atoms with Crippen LogP contribution in [0.5, 0.6) is 0 Å². The van der Waals surface area contributed by atoms with Gasteiger partial charge in [-0.25, -0.2) is 4.98 Å². The molecule has 1 amide bonds. The van der Waals surface area contributed by atoms with Crippen molar-refractivity contribution in [3.63, 3.8) is 0 Å². The number of nitrogens with one attached hydrogen (secondary N) is 1. The van der Waals surface area contributed by atoms with Crippen LogP contribution in [0.4, 0.5) is 0 Å². The first kappa shape index (κ1) is 13.7. The number of thiazole rings is 1. The van der Waals surface area contributed by atoms with Crippen LogP contribution in [0.1, 0.15) is 27.2 Å². The van der Waals surface area contributed by atoms with Crippen LogP contribution >= 0.6 is 11.3 Å². The van der Waals surface area contributed by atoms with Crippen molar-refractivity contribution in [2.45, 2.75) is 19.4 Å². The SMILES string of the molecule is Cc1ncc(C(=O)NC(C)(CO)c2ccccc2)s1. The number of carbonyl (C=O) groups excluding carboxylic acids is 1. The molecule has 2 aromatic rings. The molecule has 1 heterocycles. The molecule has 1 unspecified atom stereocenters. The number of benzene rings is 1. The van der Waals surface area contributed by atoms with Gasteiger partial charge in [0, 0.05) is 0 Å². The summed E-state index contributed by atoms with van der Waals surface area (Å²) in [5.41, 5.74) is 0.0723. The number of carbonyl (C=O) groups is 1. The van der Waals surface area contributed by atoms with Gasteiger partial charge in [0.25, 0.3) is 5.91 Å². The largest absolute Gasteiger partial charge is 0.394 e. The van der Waals surface area contributed by atoms with Gasteiger partial charge >= 0.3 is 0 Å². The van der Waals surface area contributed by atoms with E-state index >= 15 is 0 Å². The van der Waals surface area contributed by atoms with Crippen LogP contribution in [0, 0.1) is 6.92 Å². The van der Waals surface area contributed by atoms with E-state index in [4.69, 9.17) is 0 Å². The maximum atomic E-state index is 12.2. The molecule has 0 fully saturated rings. The lowest BCUT2D eigenvalue weighted by atomic mass is 9.93. The van der Waals surface area contributed by atoms with E-state index in [2.05, 4.69) is 10.3 Å². The summed E-state index contributed by atoms with van der Waals surface area (Å²) in [6.45, 7) is 3.48. The van der Waals surface area contributed by atoms with Crippen molar-refractivity contribution in [3.8, 4) is 0 Å². The molecule has 5 heteroatoms. The molecule has 4 nitrogen and oxygen atoms in total. The lowest BCUT2D eigenvalue weighted by Crippen LogP contribution is -2.46. The second kappa shape index (κ2) is 5.50. The zero-order valence-electron chi connectivity index (χ0n) is 10.9. The maximum absolute atomic E-state index is 12.2. The molecule has 1 aromatic carbocycles. The van der Waals surface area contributed by atoms with Crippen molar-refractivity contribution in [3.05, 3.63) is 52.0 Å². The Bertz CT molecular complexity index is 568. The molecule has 2 rings (SSSR count). The summed E-state index contributed by atoms with van der Waals surface area (Å²) >= 11 is 1.34. The van der Waals surface area contributed by atoms with Gasteiger partial charge in [0.15, 0.2) is 0 Å². The molecule has 0 bridgehead atoms. The highest BCUT2D eigenvalue weighted by molar-refractivity contribution is 7.13. The smallest absolute Gasteiger partial charge is 0.263 e.